The average molecular weight is 373 g/mol. The van der Waals surface area contributed by atoms with Crippen molar-refractivity contribution in [1.29, 1.82) is 0 Å². The van der Waals surface area contributed by atoms with E-state index >= 15 is 0 Å². The summed E-state index contributed by atoms with van der Waals surface area (Å²) in [5.74, 6) is 1.63. The molecule has 3 aromatic rings. The smallest absolute Gasteiger partial charge is 0.184 e. The Bertz CT molecular complexity index is 908. The van der Waals surface area contributed by atoms with E-state index in [4.69, 9.17) is 21.6 Å². The SMILES string of the molecule is CCN(CC)c1nc(C(C)(C)C)nc2c1nnn2Cc1ccccc1Cl. The van der Waals surface area contributed by atoms with E-state index in [1.165, 1.54) is 0 Å². The van der Waals surface area contributed by atoms with Crippen molar-refractivity contribution in [2.75, 3.05) is 18.0 Å². The Morgan fingerprint density at radius 1 is 1.08 bits per heavy atom. The van der Waals surface area contributed by atoms with Crippen LogP contribution >= 0.6 is 11.6 Å². The molecule has 2 heterocycles. The molecule has 6 nitrogen and oxygen atoms in total. The van der Waals surface area contributed by atoms with Crippen LogP contribution in [0.3, 0.4) is 0 Å². The van der Waals surface area contributed by atoms with E-state index in [-0.39, 0.29) is 5.41 Å². The fourth-order valence-electron chi connectivity index (χ4n) is 2.82. The highest BCUT2D eigenvalue weighted by molar-refractivity contribution is 6.31. The summed E-state index contributed by atoms with van der Waals surface area (Å²) in [4.78, 5) is 11.8. The van der Waals surface area contributed by atoms with Gasteiger partial charge in [-0.05, 0) is 25.5 Å². The zero-order valence-corrected chi connectivity index (χ0v) is 16.7. The monoisotopic (exact) mass is 372 g/mol. The lowest BCUT2D eigenvalue weighted by atomic mass is 9.96. The van der Waals surface area contributed by atoms with Crippen molar-refractivity contribution in [3.8, 4) is 0 Å². The highest BCUT2D eigenvalue weighted by Crippen LogP contribution is 2.27. The summed E-state index contributed by atoms with van der Waals surface area (Å²) in [7, 11) is 0. The Balaban J connectivity index is 2.17. The summed E-state index contributed by atoms with van der Waals surface area (Å²) in [5, 5.41) is 9.45. The average Bonchev–Trinajstić information content (AvgIpc) is 3.00. The Labute approximate surface area is 159 Å². The van der Waals surface area contributed by atoms with Crippen molar-refractivity contribution < 1.29 is 0 Å². The van der Waals surface area contributed by atoms with E-state index in [2.05, 4.69) is 49.8 Å². The molecule has 26 heavy (non-hydrogen) atoms. The number of rotatable bonds is 5. The minimum atomic E-state index is -0.171. The maximum Gasteiger partial charge on any atom is 0.184 e. The van der Waals surface area contributed by atoms with Crippen molar-refractivity contribution in [3.63, 3.8) is 0 Å². The van der Waals surface area contributed by atoms with Gasteiger partial charge in [-0.3, -0.25) is 0 Å². The molecular weight excluding hydrogens is 348 g/mol. The first-order valence-electron chi connectivity index (χ1n) is 8.95. The van der Waals surface area contributed by atoms with Gasteiger partial charge in [-0.25, -0.2) is 14.6 Å². The normalized spacial score (nSPS) is 11.9. The summed E-state index contributed by atoms with van der Waals surface area (Å²) < 4.78 is 1.81. The Morgan fingerprint density at radius 2 is 1.77 bits per heavy atom. The zero-order valence-electron chi connectivity index (χ0n) is 16.0. The number of anilines is 1. The van der Waals surface area contributed by atoms with Gasteiger partial charge in [-0.2, -0.15) is 0 Å². The zero-order chi connectivity index (χ0) is 18.9. The summed E-state index contributed by atoms with van der Waals surface area (Å²) in [6, 6.07) is 7.76. The van der Waals surface area contributed by atoms with Gasteiger partial charge in [0.05, 0.1) is 6.54 Å². The number of benzene rings is 1. The van der Waals surface area contributed by atoms with Crippen LogP contribution in [0.2, 0.25) is 5.02 Å². The van der Waals surface area contributed by atoms with Gasteiger partial charge in [0.1, 0.15) is 5.82 Å². The first-order chi connectivity index (χ1) is 12.3. The van der Waals surface area contributed by atoms with Crippen molar-refractivity contribution in [2.24, 2.45) is 0 Å². The minimum Gasteiger partial charge on any atom is -0.355 e. The van der Waals surface area contributed by atoms with Crippen LogP contribution in [0.15, 0.2) is 24.3 Å². The molecule has 0 N–H and O–H groups in total. The molecule has 0 saturated carbocycles. The van der Waals surface area contributed by atoms with E-state index in [1.807, 2.05) is 24.3 Å². The van der Waals surface area contributed by atoms with Crippen molar-refractivity contribution in [1.82, 2.24) is 25.0 Å². The molecule has 0 aliphatic rings. The second-order valence-corrected chi connectivity index (χ2v) is 7.71. The van der Waals surface area contributed by atoms with Gasteiger partial charge in [0.15, 0.2) is 17.0 Å². The van der Waals surface area contributed by atoms with Crippen LogP contribution < -0.4 is 4.90 Å². The molecule has 0 aliphatic heterocycles. The molecule has 1 aromatic carbocycles. The summed E-state index contributed by atoms with van der Waals surface area (Å²) in [5.41, 5.74) is 2.29. The van der Waals surface area contributed by atoms with Gasteiger partial charge in [0.25, 0.3) is 0 Å². The molecule has 0 aliphatic carbocycles. The third kappa shape index (κ3) is 3.51. The molecule has 7 heteroatoms. The van der Waals surface area contributed by atoms with Gasteiger partial charge in [0, 0.05) is 23.5 Å². The van der Waals surface area contributed by atoms with Crippen molar-refractivity contribution in [2.45, 2.75) is 46.6 Å². The molecule has 0 atom stereocenters. The molecule has 0 bridgehead atoms. The van der Waals surface area contributed by atoms with E-state index in [9.17, 15) is 0 Å². The number of halogens is 1. The molecule has 3 rings (SSSR count). The lowest BCUT2D eigenvalue weighted by Crippen LogP contribution is -2.26. The Hall–Kier alpha value is -2.21. The van der Waals surface area contributed by atoms with Gasteiger partial charge in [-0.15, -0.1) is 5.10 Å². The number of nitrogens with zero attached hydrogens (tertiary/aromatic N) is 6. The Morgan fingerprint density at radius 3 is 2.38 bits per heavy atom. The van der Waals surface area contributed by atoms with Crippen LogP contribution in [0.25, 0.3) is 11.2 Å². The summed E-state index contributed by atoms with van der Waals surface area (Å²) in [6.45, 7) is 12.8. The first kappa shape index (κ1) is 18.6. The van der Waals surface area contributed by atoms with Crippen LogP contribution in [0.5, 0.6) is 0 Å². The second kappa shape index (κ2) is 7.19. The molecular formula is C19H25ClN6. The molecule has 0 fully saturated rings. The second-order valence-electron chi connectivity index (χ2n) is 7.30. The highest BCUT2D eigenvalue weighted by Gasteiger charge is 2.24. The lowest BCUT2D eigenvalue weighted by Gasteiger charge is -2.23. The first-order valence-corrected chi connectivity index (χ1v) is 9.33. The molecule has 2 aromatic heterocycles. The van der Waals surface area contributed by atoms with E-state index in [1.54, 1.807) is 4.68 Å². The van der Waals surface area contributed by atoms with Gasteiger partial charge in [-0.1, -0.05) is 55.8 Å². The summed E-state index contributed by atoms with van der Waals surface area (Å²) in [6.07, 6.45) is 0. The van der Waals surface area contributed by atoms with Crippen LogP contribution in [0, 0.1) is 0 Å². The molecule has 0 saturated heterocycles. The largest absolute Gasteiger partial charge is 0.355 e. The molecule has 138 valence electrons. The van der Waals surface area contributed by atoms with Crippen LogP contribution in [-0.4, -0.2) is 38.1 Å². The maximum absolute atomic E-state index is 6.32. The summed E-state index contributed by atoms with van der Waals surface area (Å²) >= 11 is 6.32. The van der Waals surface area contributed by atoms with Crippen LogP contribution in [0.4, 0.5) is 5.82 Å². The fraction of sp³-hybridized carbons (Fsp3) is 0.474. The molecule has 0 radical (unpaired) electrons. The molecule has 0 unspecified atom stereocenters. The van der Waals surface area contributed by atoms with Gasteiger partial charge < -0.3 is 4.90 Å². The number of hydrogen-bond donors (Lipinski definition) is 0. The fourth-order valence-corrected chi connectivity index (χ4v) is 3.01. The number of hydrogen-bond acceptors (Lipinski definition) is 5. The third-order valence-electron chi connectivity index (χ3n) is 4.36. The van der Waals surface area contributed by atoms with Crippen molar-refractivity contribution in [3.05, 3.63) is 40.7 Å². The van der Waals surface area contributed by atoms with Gasteiger partial charge >= 0.3 is 0 Å². The predicted molar refractivity (Wildman–Crippen MR) is 106 cm³/mol. The standard InChI is InChI=1S/C19H25ClN6/c1-6-25(7-2)16-15-17(22-18(21-16)19(3,4)5)26(24-23-15)12-13-10-8-9-11-14(13)20/h8-11H,6-7,12H2,1-5H3. The quantitative estimate of drug-likeness (QED) is 0.675. The topological polar surface area (TPSA) is 59.7 Å². The van der Waals surface area contributed by atoms with Crippen molar-refractivity contribution >= 4 is 28.6 Å². The predicted octanol–water partition coefficient (Wildman–Crippen LogP) is 4.07. The van der Waals surface area contributed by atoms with Crippen LogP contribution in [0.1, 0.15) is 46.0 Å². The lowest BCUT2D eigenvalue weighted by molar-refractivity contribution is 0.544. The minimum absolute atomic E-state index is 0.171. The van der Waals surface area contributed by atoms with E-state index in [0.29, 0.717) is 11.6 Å². The maximum atomic E-state index is 6.32. The molecule has 0 amide bonds. The number of aromatic nitrogens is 5. The van der Waals surface area contributed by atoms with E-state index < -0.39 is 0 Å². The Kier molecular flexibility index (Phi) is 5.14. The highest BCUT2D eigenvalue weighted by atomic mass is 35.5. The molecule has 0 spiro atoms. The third-order valence-corrected chi connectivity index (χ3v) is 4.72. The van der Waals surface area contributed by atoms with E-state index in [0.717, 1.165) is 41.5 Å². The van der Waals surface area contributed by atoms with Gasteiger partial charge in [0.2, 0.25) is 0 Å². The van der Waals surface area contributed by atoms with Crippen LogP contribution in [-0.2, 0) is 12.0 Å². The number of fused-ring (bicyclic) bond motifs is 1.